The van der Waals surface area contributed by atoms with E-state index >= 15 is 0 Å². The Kier molecular flexibility index (Phi) is 4.91. The molecule has 2 amide bonds. The van der Waals surface area contributed by atoms with Crippen molar-refractivity contribution >= 4 is 40.9 Å². The van der Waals surface area contributed by atoms with Gasteiger partial charge in [-0.15, -0.1) is 27.1 Å². The fourth-order valence-electron chi connectivity index (χ4n) is 2.79. The number of nitrogens with one attached hydrogen (secondary N) is 1. The molecule has 0 radical (unpaired) electrons. The van der Waals surface area contributed by atoms with Gasteiger partial charge in [-0.2, -0.15) is 0 Å². The number of carboxylic acid groups (broad SMARTS) is 1. The van der Waals surface area contributed by atoms with Crippen LogP contribution in [0.1, 0.15) is 0 Å². The second-order valence-corrected chi connectivity index (χ2v) is 7.61. The molecule has 0 spiro atoms. The molecule has 15 heteroatoms. The van der Waals surface area contributed by atoms with E-state index in [0.717, 1.165) is 0 Å². The first-order valence-electron chi connectivity index (χ1n) is 7.83. The number of hydrogen-bond donors (Lipinski definition) is 2. The third-order valence-corrected chi connectivity index (χ3v) is 5.91. The first-order chi connectivity index (χ1) is 13.5. The molecule has 0 unspecified atom stereocenters. The summed E-state index contributed by atoms with van der Waals surface area (Å²) in [6.45, 7) is -0.159. The fourth-order valence-corrected chi connectivity index (χ4v) is 4.52. The number of β-lactam (4-membered cyclic amide) rings is 1. The highest BCUT2D eigenvalue weighted by molar-refractivity contribution is 8.00. The smallest absolute Gasteiger partial charge is 0.352 e. The summed E-state index contributed by atoms with van der Waals surface area (Å²) in [5, 5.41) is 29.8. The van der Waals surface area contributed by atoms with Gasteiger partial charge in [0.25, 0.3) is 11.1 Å². The van der Waals surface area contributed by atoms with E-state index in [0.29, 0.717) is 16.5 Å². The number of tetrazole rings is 1. The summed E-state index contributed by atoms with van der Waals surface area (Å²) in [6, 6.07) is -0.811. The van der Waals surface area contributed by atoms with Crippen LogP contribution in [0.5, 0.6) is 5.19 Å². The maximum Gasteiger partial charge on any atom is 0.352 e. The number of ether oxygens (including phenoxy) is 1. The van der Waals surface area contributed by atoms with E-state index in [1.54, 1.807) is 0 Å². The van der Waals surface area contributed by atoms with Crippen molar-refractivity contribution in [2.75, 3.05) is 12.4 Å². The van der Waals surface area contributed by atoms with Crippen LogP contribution in [0.2, 0.25) is 0 Å². The molecule has 2 aromatic heterocycles. The Hall–Kier alpha value is -3.07. The summed E-state index contributed by atoms with van der Waals surface area (Å²) < 4.78 is 6.66. The van der Waals surface area contributed by atoms with Crippen LogP contribution in [0.25, 0.3) is 0 Å². The lowest BCUT2D eigenvalue weighted by atomic mass is 10.0. The second-order valence-electron chi connectivity index (χ2n) is 5.71. The van der Waals surface area contributed by atoms with E-state index in [1.807, 2.05) is 0 Å². The van der Waals surface area contributed by atoms with E-state index in [1.165, 1.54) is 44.5 Å². The lowest BCUT2D eigenvalue weighted by Crippen LogP contribution is -2.70. The van der Waals surface area contributed by atoms with Gasteiger partial charge in [0.1, 0.15) is 42.1 Å². The van der Waals surface area contributed by atoms with Crippen molar-refractivity contribution in [1.82, 2.24) is 40.6 Å². The largest absolute Gasteiger partial charge is 0.477 e. The highest BCUT2D eigenvalue weighted by Crippen LogP contribution is 2.40. The van der Waals surface area contributed by atoms with Crippen LogP contribution in [0, 0.1) is 0 Å². The summed E-state index contributed by atoms with van der Waals surface area (Å²) in [4.78, 5) is 37.5. The average Bonchev–Trinajstić information content (AvgIpc) is 3.37. The maximum absolute atomic E-state index is 12.5. The van der Waals surface area contributed by atoms with Gasteiger partial charge in [0.15, 0.2) is 0 Å². The third kappa shape index (κ3) is 3.40. The van der Waals surface area contributed by atoms with Gasteiger partial charge < -0.3 is 15.2 Å². The molecule has 0 aliphatic carbocycles. The van der Waals surface area contributed by atoms with Gasteiger partial charge in [-0.1, -0.05) is 11.3 Å². The molecular weight excluding hydrogens is 412 g/mol. The van der Waals surface area contributed by atoms with Crippen molar-refractivity contribution in [3.8, 4) is 5.19 Å². The zero-order chi connectivity index (χ0) is 19.7. The highest BCUT2D eigenvalue weighted by atomic mass is 32.2. The number of amides is 2. The molecule has 2 aliphatic rings. The van der Waals surface area contributed by atoms with Gasteiger partial charge in [0, 0.05) is 11.3 Å². The Balaban J connectivity index is 1.44. The van der Waals surface area contributed by atoms with Crippen LogP contribution < -0.4 is 10.1 Å². The number of carbonyl (C=O) groups excluding carboxylic acids is 2. The Labute approximate surface area is 164 Å². The van der Waals surface area contributed by atoms with E-state index < -0.39 is 29.2 Å². The zero-order valence-corrected chi connectivity index (χ0v) is 15.6. The molecule has 146 valence electrons. The molecule has 0 saturated carbocycles. The van der Waals surface area contributed by atoms with Gasteiger partial charge in [-0.3, -0.25) is 14.5 Å². The predicted octanol–water partition coefficient (Wildman–Crippen LogP) is -1.66. The van der Waals surface area contributed by atoms with Gasteiger partial charge >= 0.3 is 5.97 Å². The van der Waals surface area contributed by atoms with E-state index in [2.05, 4.69) is 31.0 Å². The van der Waals surface area contributed by atoms with Crippen molar-refractivity contribution in [1.29, 1.82) is 0 Å². The van der Waals surface area contributed by atoms with Crippen LogP contribution in [0.4, 0.5) is 0 Å². The standard InChI is InChI=1S/C13H12N8O5S2/c22-7(1-20-4-14-18-19-20)16-8-10(23)21-9(12(24)25)6(3-27-11(8)21)2-26-13-17-15-5-28-13/h4-5,8,11H,1-3H2,(H,16,22)(H,24,25)/t8-,11-/m1/s1. The van der Waals surface area contributed by atoms with Crippen LogP contribution in [0.3, 0.4) is 0 Å². The number of thioether (sulfide) groups is 1. The van der Waals surface area contributed by atoms with E-state index in [-0.39, 0.29) is 18.8 Å². The monoisotopic (exact) mass is 424 g/mol. The molecule has 1 fully saturated rings. The summed E-state index contributed by atoms with van der Waals surface area (Å²) in [5.41, 5.74) is 1.83. The van der Waals surface area contributed by atoms with E-state index in [9.17, 15) is 19.5 Å². The molecule has 28 heavy (non-hydrogen) atoms. The fraction of sp³-hybridized carbons (Fsp3) is 0.385. The topological polar surface area (TPSA) is 165 Å². The van der Waals surface area contributed by atoms with E-state index in [4.69, 9.17) is 4.74 Å². The van der Waals surface area contributed by atoms with Crippen molar-refractivity contribution < 1.29 is 24.2 Å². The van der Waals surface area contributed by atoms with Gasteiger partial charge in [0.05, 0.1) is 0 Å². The number of rotatable bonds is 7. The number of carbonyl (C=O) groups is 3. The molecule has 0 aromatic carbocycles. The number of aromatic nitrogens is 6. The minimum absolute atomic E-state index is 0.0172. The Morgan fingerprint density at radius 2 is 2.25 bits per heavy atom. The van der Waals surface area contributed by atoms with Gasteiger partial charge in [-0.05, 0) is 10.4 Å². The summed E-state index contributed by atoms with van der Waals surface area (Å²) >= 11 is 2.53. The summed E-state index contributed by atoms with van der Waals surface area (Å²) in [7, 11) is 0. The van der Waals surface area contributed by atoms with Crippen molar-refractivity contribution in [2.45, 2.75) is 18.0 Å². The minimum atomic E-state index is -1.23. The van der Waals surface area contributed by atoms with Crippen LogP contribution in [-0.4, -0.2) is 82.0 Å². The molecule has 2 aliphatic heterocycles. The Bertz CT molecular complexity index is 931. The molecule has 13 nitrogen and oxygen atoms in total. The number of carboxylic acids is 1. The molecule has 2 aromatic rings. The molecule has 1 saturated heterocycles. The average molecular weight is 424 g/mol. The van der Waals surface area contributed by atoms with Gasteiger partial charge in [0.2, 0.25) is 5.91 Å². The second kappa shape index (κ2) is 7.51. The minimum Gasteiger partial charge on any atom is -0.477 e. The van der Waals surface area contributed by atoms with Gasteiger partial charge in [-0.25, -0.2) is 9.48 Å². The molecule has 2 atom stereocenters. The summed E-state index contributed by atoms with van der Waals surface area (Å²) in [5.74, 6) is -1.83. The summed E-state index contributed by atoms with van der Waals surface area (Å²) in [6.07, 6.45) is 1.28. The maximum atomic E-state index is 12.5. The van der Waals surface area contributed by atoms with Crippen LogP contribution in [-0.2, 0) is 20.9 Å². The normalized spacial score (nSPS) is 21.1. The third-order valence-electron chi connectivity index (χ3n) is 3.97. The number of fused-ring (bicyclic) bond motifs is 1. The number of hydrogen-bond acceptors (Lipinski definition) is 11. The predicted molar refractivity (Wildman–Crippen MR) is 92.9 cm³/mol. The number of nitrogens with zero attached hydrogens (tertiary/aromatic N) is 7. The number of aliphatic carboxylic acids is 1. The van der Waals surface area contributed by atoms with Crippen LogP contribution in [0.15, 0.2) is 23.1 Å². The molecular formula is C13H12N8O5S2. The zero-order valence-electron chi connectivity index (χ0n) is 14.0. The van der Waals surface area contributed by atoms with Crippen LogP contribution >= 0.6 is 23.1 Å². The Morgan fingerprint density at radius 1 is 1.39 bits per heavy atom. The van der Waals surface area contributed by atoms with Crippen molar-refractivity contribution in [3.05, 3.63) is 23.1 Å². The highest BCUT2D eigenvalue weighted by Gasteiger charge is 2.54. The molecule has 0 bridgehead atoms. The quantitative estimate of drug-likeness (QED) is 0.489. The molecule has 2 N–H and O–H groups in total. The van der Waals surface area contributed by atoms with Crippen molar-refractivity contribution in [3.63, 3.8) is 0 Å². The molecule has 4 rings (SSSR count). The van der Waals surface area contributed by atoms with Crippen molar-refractivity contribution in [2.24, 2.45) is 0 Å². The Morgan fingerprint density at radius 3 is 2.93 bits per heavy atom. The lowest BCUT2D eigenvalue weighted by molar-refractivity contribution is -0.150. The lowest BCUT2D eigenvalue weighted by Gasteiger charge is -2.49. The SMILES string of the molecule is O=C(Cn1cnnn1)N[C@@H]1C(=O)N2C(C(=O)O)=C(COc3nncs3)CS[C@H]12. The molecule has 4 heterocycles. The first-order valence-corrected chi connectivity index (χ1v) is 9.76. The first kappa shape index (κ1) is 18.3.